The summed E-state index contributed by atoms with van der Waals surface area (Å²) >= 11 is 0. The highest BCUT2D eigenvalue weighted by Gasteiger charge is 2.17. The number of hydrogen-bond acceptors (Lipinski definition) is 4. The van der Waals surface area contributed by atoms with Crippen molar-refractivity contribution in [2.45, 2.75) is 6.92 Å². The average Bonchev–Trinajstić information content (AvgIpc) is 2.96. The van der Waals surface area contributed by atoms with Crippen LogP contribution in [0.25, 0.3) is 22.8 Å². The first kappa shape index (κ1) is 18.4. The van der Waals surface area contributed by atoms with Gasteiger partial charge in [-0.2, -0.15) is 0 Å². The molecule has 0 radical (unpaired) electrons. The highest BCUT2D eigenvalue weighted by molar-refractivity contribution is 6.02. The molecular weight excluding hydrogens is 366 g/mol. The van der Waals surface area contributed by atoms with Crippen LogP contribution in [0.3, 0.4) is 0 Å². The van der Waals surface area contributed by atoms with Gasteiger partial charge in [-0.15, -0.1) is 0 Å². The van der Waals surface area contributed by atoms with Crippen molar-refractivity contribution in [1.82, 2.24) is 19.3 Å². The van der Waals surface area contributed by atoms with E-state index >= 15 is 0 Å². The first-order chi connectivity index (χ1) is 14.0. The van der Waals surface area contributed by atoms with E-state index in [-0.39, 0.29) is 11.2 Å². The van der Waals surface area contributed by atoms with Crippen molar-refractivity contribution in [2.24, 2.45) is 7.05 Å². The molecule has 0 spiro atoms. The van der Waals surface area contributed by atoms with Gasteiger partial charge < -0.3 is 5.32 Å². The largest absolute Gasteiger partial charge is 0.316 e. The van der Waals surface area contributed by atoms with Crippen LogP contribution >= 0.6 is 0 Å². The molecule has 0 aliphatic rings. The van der Waals surface area contributed by atoms with Gasteiger partial charge in [0.15, 0.2) is 0 Å². The Labute approximate surface area is 166 Å². The summed E-state index contributed by atoms with van der Waals surface area (Å²) in [5.41, 5.74) is 3.44. The zero-order valence-corrected chi connectivity index (χ0v) is 16.0. The summed E-state index contributed by atoms with van der Waals surface area (Å²) in [5.74, 6) is -0.411. The van der Waals surface area contributed by atoms with Crippen molar-refractivity contribution in [2.75, 3.05) is 5.32 Å². The van der Waals surface area contributed by atoms with Crippen LogP contribution < -0.4 is 10.9 Å². The smallest absolute Gasteiger partial charge is 0.295 e. The Balaban J connectivity index is 1.58. The minimum atomic E-state index is -0.411. The number of anilines is 1. The van der Waals surface area contributed by atoms with E-state index in [0.717, 1.165) is 16.7 Å². The molecule has 0 bridgehead atoms. The van der Waals surface area contributed by atoms with Crippen molar-refractivity contribution >= 4 is 28.7 Å². The second-order valence-corrected chi connectivity index (χ2v) is 6.54. The van der Waals surface area contributed by atoms with Crippen molar-refractivity contribution < 1.29 is 4.79 Å². The van der Waals surface area contributed by atoms with E-state index in [1.165, 1.54) is 10.8 Å². The van der Waals surface area contributed by atoms with E-state index in [1.54, 1.807) is 30.9 Å². The molecule has 1 amide bonds. The summed E-state index contributed by atoms with van der Waals surface area (Å²) in [6.45, 7) is 1.79. The van der Waals surface area contributed by atoms with Crippen LogP contribution in [0.4, 0.5) is 5.69 Å². The van der Waals surface area contributed by atoms with Crippen LogP contribution in [0.5, 0.6) is 0 Å². The summed E-state index contributed by atoms with van der Waals surface area (Å²) in [7, 11) is 1.78. The topological polar surface area (TPSA) is 81.8 Å². The number of hydrogen-bond donors (Lipinski definition) is 1. The number of rotatable bonds is 4. The second-order valence-electron chi connectivity index (χ2n) is 6.54. The number of amides is 1. The predicted octanol–water partition coefficient (Wildman–Crippen LogP) is 3.08. The maximum Gasteiger partial charge on any atom is 0.295 e. The minimum absolute atomic E-state index is 0.246. The molecule has 0 aliphatic carbocycles. The minimum Gasteiger partial charge on any atom is -0.316 e. The molecule has 2 aromatic carbocycles. The molecule has 1 N–H and O–H groups in total. The molecule has 0 unspecified atom stereocenters. The van der Waals surface area contributed by atoms with E-state index in [4.69, 9.17) is 0 Å². The maximum atomic E-state index is 12.8. The van der Waals surface area contributed by atoms with Gasteiger partial charge >= 0.3 is 0 Å². The van der Waals surface area contributed by atoms with Gasteiger partial charge in [-0.1, -0.05) is 30.3 Å². The molecular formula is C22H19N5O2. The molecule has 7 nitrogen and oxygen atoms in total. The fourth-order valence-corrected chi connectivity index (χ4v) is 3.09. The Hall–Kier alpha value is -4.00. The Kier molecular flexibility index (Phi) is 4.78. The summed E-state index contributed by atoms with van der Waals surface area (Å²) in [4.78, 5) is 34.0. The molecule has 4 rings (SSSR count). The van der Waals surface area contributed by atoms with E-state index < -0.39 is 5.91 Å². The number of aromatic nitrogens is 4. The molecule has 0 atom stereocenters. The lowest BCUT2D eigenvalue weighted by atomic mass is 10.3. The summed E-state index contributed by atoms with van der Waals surface area (Å²) < 4.78 is 3.23. The third-order valence-corrected chi connectivity index (χ3v) is 4.68. The van der Waals surface area contributed by atoms with Gasteiger partial charge in [0, 0.05) is 13.1 Å². The molecule has 0 saturated carbocycles. The zero-order chi connectivity index (χ0) is 20.4. The fourth-order valence-electron chi connectivity index (χ4n) is 3.09. The number of para-hydroxylation sites is 3. The second kappa shape index (κ2) is 7.55. The van der Waals surface area contributed by atoms with Gasteiger partial charge in [-0.05, 0) is 37.3 Å². The van der Waals surface area contributed by atoms with E-state index in [0.29, 0.717) is 11.4 Å². The third kappa shape index (κ3) is 3.58. The van der Waals surface area contributed by atoms with Crippen molar-refractivity contribution in [1.29, 1.82) is 0 Å². The Bertz CT molecular complexity index is 1290. The molecule has 144 valence electrons. The lowest BCUT2D eigenvalue weighted by Gasteiger charge is -2.07. The van der Waals surface area contributed by atoms with Gasteiger partial charge in [0.25, 0.3) is 5.56 Å². The monoisotopic (exact) mass is 385 g/mol. The summed E-state index contributed by atoms with van der Waals surface area (Å²) in [6.07, 6.45) is 4.52. The maximum absolute atomic E-state index is 12.8. The molecule has 2 heterocycles. The van der Waals surface area contributed by atoms with E-state index in [1.807, 2.05) is 54.6 Å². The number of benzene rings is 2. The Morgan fingerprint density at radius 3 is 2.48 bits per heavy atom. The van der Waals surface area contributed by atoms with Crippen LogP contribution in [-0.2, 0) is 11.8 Å². The van der Waals surface area contributed by atoms with E-state index in [2.05, 4.69) is 15.3 Å². The average molecular weight is 385 g/mol. The highest BCUT2D eigenvalue weighted by Crippen LogP contribution is 2.14. The number of carbonyl (C=O) groups excluding carboxylic acids is 1. The quantitative estimate of drug-likeness (QED) is 0.548. The summed E-state index contributed by atoms with van der Waals surface area (Å²) in [5, 5.41) is 2.69. The number of nitrogens with zero attached hydrogens (tertiary/aromatic N) is 4. The van der Waals surface area contributed by atoms with Gasteiger partial charge in [0.1, 0.15) is 5.69 Å². The number of fused-ring (bicyclic) bond motifs is 1. The number of nitrogens with one attached hydrogen (secondary N) is 1. The molecule has 7 heteroatoms. The molecule has 2 aromatic heterocycles. The number of carbonyl (C=O) groups is 1. The predicted molar refractivity (Wildman–Crippen MR) is 113 cm³/mol. The molecule has 4 aromatic rings. The van der Waals surface area contributed by atoms with Crippen LogP contribution in [0.2, 0.25) is 0 Å². The molecule has 0 saturated heterocycles. The molecule has 0 aliphatic heterocycles. The zero-order valence-electron chi connectivity index (χ0n) is 16.0. The van der Waals surface area contributed by atoms with Gasteiger partial charge in [0.05, 0.1) is 34.3 Å². The SMILES string of the molecule is Cc1c(NC(=O)/C=C/c2cnc3ccccc3n2)c(=O)n(-c2ccccc2)n1C. The lowest BCUT2D eigenvalue weighted by Crippen LogP contribution is -2.22. The van der Waals surface area contributed by atoms with Gasteiger partial charge in [0.2, 0.25) is 5.91 Å². The van der Waals surface area contributed by atoms with Crippen LogP contribution in [0, 0.1) is 6.92 Å². The Morgan fingerprint density at radius 1 is 1.03 bits per heavy atom. The van der Waals surface area contributed by atoms with Crippen LogP contribution in [0.1, 0.15) is 11.4 Å². The lowest BCUT2D eigenvalue weighted by molar-refractivity contribution is -0.111. The van der Waals surface area contributed by atoms with Gasteiger partial charge in [-0.3, -0.25) is 19.3 Å². The van der Waals surface area contributed by atoms with Crippen LogP contribution in [0.15, 0.2) is 71.7 Å². The Morgan fingerprint density at radius 2 is 1.72 bits per heavy atom. The standard InChI is InChI=1S/C22H19N5O2/c1-15-21(22(29)27(26(15)2)17-8-4-3-5-9-17)25-20(28)13-12-16-14-23-18-10-6-7-11-19(18)24-16/h3-14H,1-2H3,(H,25,28)/b13-12+. The first-order valence-corrected chi connectivity index (χ1v) is 9.09. The fraction of sp³-hybridized carbons (Fsp3) is 0.0909. The van der Waals surface area contributed by atoms with E-state index in [9.17, 15) is 9.59 Å². The van der Waals surface area contributed by atoms with Gasteiger partial charge in [-0.25, -0.2) is 9.67 Å². The third-order valence-electron chi connectivity index (χ3n) is 4.68. The molecule has 0 fully saturated rings. The van der Waals surface area contributed by atoms with Crippen molar-refractivity contribution in [3.8, 4) is 5.69 Å². The normalized spacial score (nSPS) is 11.2. The summed E-state index contributed by atoms with van der Waals surface area (Å²) in [6, 6.07) is 16.8. The van der Waals surface area contributed by atoms with Crippen LogP contribution in [-0.4, -0.2) is 25.2 Å². The molecule has 29 heavy (non-hydrogen) atoms. The highest BCUT2D eigenvalue weighted by atomic mass is 16.2. The van der Waals surface area contributed by atoms with Crippen molar-refractivity contribution in [3.63, 3.8) is 0 Å². The van der Waals surface area contributed by atoms with Crippen molar-refractivity contribution in [3.05, 3.63) is 88.6 Å². The first-order valence-electron chi connectivity index (χ1n) is 9.09.